The number of carbonyl (C=O) groups is 1. The van der Waals surface area contributed by atoms with Crippen LogP contribution in [0.25, 0.3) is 0 Å². The summed E-state index contributed by atoms with van der Waals surface area (Å²) >= 11 is 0. The number of carbonyl (C=O) groups excluding carboxylic acids is 1. The van der Waals surface area contributed by atoms with Crippen LogP contribution in [0.3, 0.4) is 0 Å². The zero-order valence-corrected chi connectivity index (χ0v) is 15.5. The highest BCUT2D eigenvalue weighted by Crippen LogP contribution is 2.52. The van der Waals surface area contributed by atoms with E-state index in [9.17, 15) is 13.2 Å². The predicted octanol–water partition coefficient (Wildman–Crippen LogP) is 3.05. The summed E-state index contributed by atoms with van der Waals surface area (Å²) in [6, 6.07) is 7.86. The molecule has 1 aliphatic carbocycles. The molecule has 2 aliphatic rings. The SMILES string of the molecule is CC(C)(C)OC(=O)N1CC(c2ccc(C3(S(C)(=O)=O)CC3)cc2)C1. The Hall–Kier alpha value is -1.56. The molecule has 24 heavy (non-hydrogen) atoms. The van der Waals surface area contributed by atoms with Crippen LogP contribution in [0.4, 0.5) is 4.79 Å². The van der Waals surface area contributed by atoms with Crippen molar-refractivity contribution in [2.75, 3.05) is 19.3 Å². The molecular weight excluding hydrogens is 326 g/mol. The van der Waals surface area contributed by atoms with Gasteiger partial charge in [-0.2, -0.15) is 0 Å². The fourth-order valence-electron chi connectivity index (χ4n) is 3.21. The molecule has 1 saturated carbocycles. The van der Waals surface area contributed by atoms with Crippen molar-refractivity contribution >= 4 is 15.9 Å². The Morgan fingerprint density at radius 3 is 2.12 bits per heavy atom. The summed E-state index contributed by atoms with van der Waals surface area (Å²) in [4.78, 5) is 13.7. The molecule has 5 nitrogen and oxygen atoms in total. The Balaban J connectivity index is 1.62. The van der Waals surface area contributed by atoms with Crippen molar-refractivity contribution in [3.05, 3.63) is 35.4 Å². The lowest BCUT2D eigenvalue weighted by Gasteiger charge is -2.40. The Morgan fingerprint density at radius 1 is 1.17 bits per heavy atom. The van der Waals surface area contributed by atoms with Gasteiger partial charge in [-0.05, 0) is 44.7 Å². The minimum absolute atomic E-state index is 0.274. The van der Waals surface area contributed by atoms with Gasteiger partial charge in [0.15, 0.2) is 9.84 Å². The fraction of sp³-hybridized carbons (Fsp3) is 0.611. The van der Waals surface area contributed by atoms with E-state index in [0.29, 0.717) is 31.8 Å². The smallest absolute Gasteiger partial charge is 0.410 e. The molecular formula is C18H25NO4S. The monoisotopic (exact) mass is 351 g/mol. The number of amides is 1. The molecule has 0 unspecified atom stereocenters. The summed E-state index contributed by atoms with van der Waals surface area (Å²) in [7, 11) is -3.08. The average Bonchev–Trinajstić information content (AvgIpc) is 3.16. The molecule has 132 valence electrons. The van der Waals surface area contributed by atoms with Crippen LogP contribution in [0, 0.1) is 0 Å². The van der Waals surface area contributed by atoms with Crippen molar-refractivity contribution in [1.29, 1.82) is 0 Å². The second kappa shape index (κ2) is 5.48. The normalized spacial score (nSPS) is 20.4. The van der Waals surface area contributed by atoms with Crippen LogP contribution in [0.2, 0.25) is 0 Å². The molecule has 1 heterocycles. The Bertz CT molecular complexity index is 736. The molecule has 0 atom stereocenters. The number of likely N-dealkylation sites (tertiary alicyclic amines) is 1. The van der Waals surface area contributed by atoms with Crippen molar-refractivity contribution in [1.82, 2.24) is 4.90 Å². The van der Waals surface area contributed by atoms with Gasteiger partial charge in [0.1, 0.15) is 5.60 Å². The van der Waals surface area contributed by atoms with E-state index in [4.69, 9.17) is 4.74 Å². The summed E-state index contributed by atoms with van der Waals surface area (Å²) in [6.07, 6.45) is 2.46. The van der Waals surface area contributed by atoms with Gasteiger partial charge in [0.25, 0.3) is 0 Å². The fourth-order valence-corrected chi connectivity index (χ4v) is 4.62. The van der Waals surface area contributed by atoms with Crippen molar-refractivity contribution < 1.29 is 17.9 Å². The van der Waals surface area contributed by atoms with E-state index in [1.54, 1.807) is 4.90 Å². The summed E-state index contributed by atoms with van der Waals surface area (Å²) in [5.41, 5.74) is 1.55. The molecule has 0 bridgehead atoms. The highest BCUT2D eigenvalue weighted by Gasteiger charge is 2.53. The van der Waals surface area contributed by atoms with Crippen LogP contribution < -0.4 is 0 Å². The standard InChI is InChI=1S/C18H25NO4S/c1-17(2,3)23-16(20)19-11-14(12-19)13-5-7-15(8-6-13)18(9-10-18)24(4,21)22/h5-8,14H,9-12H2,1-4H3. The van der Waals surface area contributed by atoms with Gasteiger partial charge < -0.3 is 9.64 Å². The molecule has 0 radical (unpaired) electrons. The first-order valence-electron chi connectivity index (χ1n) is 8.30. The lowest BCUT2D eigenvalue weighted by molar-refractivity contribution is 0.00819. The third-order valence-electron chi connectivity index (χ3n) is 4.86. The minimum atomic E-state index is -3.08. The summed E-state index contributed by atoms with van der Waals surface area (Å²) in [6.45, 7) is 6.86. The number of rotatable bonds is 3. The van der Waals surface area contributed by atoms with Gasteiger partial charge >= 0.3 is 6.09 Å². The highest BCUT2D eigenvalue weighted by atomic mass is 32.2. The van der Waals surface area contributed by atoms with Gasteiger partial charge in [-0.1, -0.05) is 24.3 Å². The van der Waals surface area contributed by atoms with Gasteiger partial charge in [-0.25, -0.2) is 13.2 Å². The zero-order chi connectivity index (χ0) is 17.8. The topological polar surface area (TPSA) is 63.7 Å². The molecule has 6 heteroatoms. The second-order valence-corrected chi connectivity index (χ2v) is 10.3. The average molecular weight is 351 g/mol. The maximum absolute atomic E-state index is 12.0. The summed E-state index contributed by atoms with van der Waals surface area (Å²) < 4.78 is 28.6. The minimum Gasteiger partial charge on any atom is -0.444 e. The van der Waals surface area contributed by atoms with Gasteiger partial charge in [0.05, 0.1) is 4.75 Å². The quantitative estimate of drug-likeness (QED) is 0.839. The lowest BCUT2D eigenvalue weighted by atomic mass is 9.91. The molecule has 0 aromatic heterocycles. The number of hydrogen-bond acceptors (Lipinski definition) is 4. The van der Waals surface area contributed by atoms with Crippen molar-refractivity contribution in [2.24, 2.45) is 0 Å². The van der Waals surface area contributed by atoms with Crippen molar-refractivity contribution in [3.63, 3.8) is 0 Å². The number of hydrogen-bond donors (Lipinski definition) is 0. The van der Waals surface area contributed by atoms with Crippen LogP contribution in [0.15, 0.2) is 24.3 Å². The van der Waals surface area contributed by atoms with Gasteiger partial charge in [-0.15, -0.1) is 0 Å². The predicted molar refractivity (Wildman–Crippen MR) is 92.7 cm³/mol. The van der Waals surface area contributed by atoms with E-state index in [-0.39, 0.29) is 6.09 Å². The number of benzene rings is 1. The summed E-state index contributed by atoms with van der Waals surface area (Å²) in [5.74, 6) is 0.292. The van der Waals surface area contributed by atoms with E-state index in [2.05, 4.69) is 0 Å². The molecule has 0 spiro atoms. The largest absolute Gasteiger partial charge is 0.444 e. The first-order valence-corrected chi connectivity index (χ1v) is 10.2. The van der Waals surface area contributed by atoms with Crippen LogP contribution in [-0.2, 0) is 19.3 Å². The molecule has 1 aromatic rings. The number of nitrogens with zero attached hydrogens (tertiary/aromatic N) is 1. The van der Waals surface area contributed by atoms with Gasteiger partial charge in [0.2, 0.25) is 0 Å². The summed E-state index contributed by atoms with van der Waals surface area (Å²) in [5, 5.41) is 0. The Morgan fingerprint density at radius 2 is 1.71 bits per heavy atom. The maximum atomic E-state index is 12.0. The van der Waals surface area contributed by atoms with Crippen LogP contribution in [0.5, 0.6) is 0 Å². The van der Waals surface area contributed by atoms with Gasteiger partial charge in [-0.3, -0.25) is 0 Å². The third-order valence-corrected chi connectivity index (χ3v) is 6.92. The van der Waals surface area contributed by atoms with E-state index < -0.39 is 20.2 Å². The molecule has 0 N–H and O–H groups in total. The van der Waals surface area contributed by atoms with E-state index >= 15 is 0 Å². The van der Waals surface area contributed by atoms with Crippen LogP contribution >= 0.6 is 0 Å². The second-order valence-electron chi connectivity index (χ2n) is 7.97. The molecule has 1 amide bonds. The van der Waals surface area contributed by atoms with Gasteiger partial charge in [0, 0.05) is 25.3 Å². The van der Waals surface area contributed by atoms with E-state index in [0.717, 1.165) is 11.1 Å². The van der Waals surface area contributed by atoms with Crippen molar-refractivity contribution in [2.45, 2.75) is 49.9 Å². The molecule has 2 fully saturated rings. The Kier molecular flexibility index (Phi) is 3.94. The molecule has 1 aromatic carbocycles. The lowest BCUT2D eigenvalue weighted by Crippen LogP contribution is -2.50. The Labute approximate surface area is 143 Å². The van der Waals surface area contributed by atoms with E-state index in [1.807, 2.05) is 45.0 Å². The molecule has 1 aliphatic heterocycles. The highest BCUT2D eigenvalue weighted by molar-refractivity contribution is 7.92. The number of sulfone groups is 1. The first kappa shape index (κ1) is 17.3. The maximum Gasteiger partial charge on any atom is 0.410 e. The van der Waals surface area contributed by atoms with Crippen molar-refractivity contribution in [3.8, 4) is 0 Å². The third kappa shape index (κ3) is 3.16. The van der Waals surface area contributed by atoms with Crippen LogP contribution in [0.1, 0.15) is 50.7 Å². The zero-order valence-electron chi connectivity index (χ0n) is 14.7. The molecule has 3 rings (SSSR count). The van der Waals surface area contributed by atoms with Crippen LogP contribution in [-0.4, -0.2) is 44.4 Å². The molecule has 1 saturated heterocycles. The number of ether oxygens (including phenoxy) is 1. The van der Waals surface area contributed by atoms with E-state index in [1.165, 1.54) is 6.26 Å². The first-order chi connectivity index (χ1) is 11.0.